The van der Waals surface area contributed by atoms with Gasteiger partial charge in [0.15, 0.2) is 0 Å². The van der Waals surface area contributed by atoms with Crippen molar-refractivity contribution >= 4 is 42.5 Å². The average Bonchev–Trinajstić information content (AvgIpc) is 2.78. The molecule has 0 aromatic heterocycles. The molecule has 2 atom stereocenters. The van der Waals surface area contributed by atoms with Crippen molar-refractivity contribution in [3.63, 3.8) is 0 Å². The van der Waals surface area contributed by atoms with Crippen LogP contribution in [0.4, 0.5) is 10.5 Å². The van der Waals surface area contributed by atoms with E-state index in [1.165, 1.54) is 5.56 Å². The predicted molar refractivity (Wildman–Crippen MR) is 140 cm³/mol. The number of hydrogen-bond donors (Lipinski definition) is 4. The summed E-state index contributed by atoms with van der Waals surface area (Å²) < 4.78 is 0. The highest BCUT2D eigenvalue weighted by molar-refractivity contribution is 5.94. The van der Waals surface area contributed by atoms with Crippen molar-refractivity contribution in [2.75, 3.05) is 18.0 Å². The molecule has 2 aromatic carbocycles. The number of anilines is 1. The smallest absolute Gasteiger partial charge is 0.405 e. The van der Waals surface area contributed by atoms with Crippen LogP contribution in [0.2, 0.25) is 0 Å². The summed E-state index contributed by atoms with van der Waals surface area (Å²) in [7, 11) is 0. The summed E-state index contributed by atoms with van der Waals surface area (Å²) >= 11 is 0. The molecule has 2 aliphatic heterocycles. The van der Waals surface area contributed by atoms with Crippen LogP contribution in [0, 0.1) is 0 Å². The van der Waals surface area contributed by atoms with Gasteiger partial charge in [-0.25, -0.2) is 4.79 Å². The summed E-state index contributed by atoms with van der Waals surface area (Å²) in [6.45, 7) is 6.51. The third-order valence-electron chi connectivity index (χ3n) is 6.54. The summed E-state index contributed by atoms with van der Waals surface area (Å²) in [4.78, 5) is 25.4. The Balaban J connectivity index is 0.00000204. The van der Waals surface area contributed by atoms with E-state index in [9.17, 15) is 14.7 Å². The van der Waals surface area contributed by atoms with Gasteiger partial charge in [0.25, 0.3) is 0 Å². The third-order valence-corrected chi connectivity index (χ3v) is 6.54. The molecular weight excluding hydrogens is 475 g/mol. The van der Waals surface area contributed by atoms with Crippen molar-refractivity contribution in [3.8, 4) is 11.1 Å². The maximum Gasteiger partial charge on any atom is 0.405 e. The Morgan fingerprint density at radius 1 is 1.06 bits per heavy atom. The second-order valence-electron chi connectivity index (χ2n) is 8.85. The molecule has 4 N–H and O–H groups in total. The largest absolute Gasteiger partial charge is 0.465 e. The van der Waals surface area contributed by atoms with Gasteiger partial charge in [0.05, 0.1) is 6.04 Å². The van der Waals surface area contributed by atoms with Crippen LogP contribution in [0.25, 0.3) is 11.1 Å². The minimum Gasteiger partial charge on any atom is -0.465 e. The fourth-order valence-electron chi connectivity index (χ4n) is 4.91. The number of nitrogens with one attached hydrogen (secondary N) is 3. The van der Waals surface area contributed by atoms with Gasteiger partial charge in [-0.1, -0.05) is 30.3 Å². The van der Waals surface area contributed by atoms with Crippen LogP contribution in [0.1, 0.15) is 50.3 Å². The van der Waals surface area contributed by atoms with Crippen molar-refractivity contribution < 1.29 is 14.7 Å². The molecule has 7 nitrogen and oxygen atoms in total. The SMILES string of the molecule is CC(=O)N1c2ccc(-c3ccc(CNC4CCNCC4)cc3)cc2[C@H](NC(=O)O)C[C@@H]1C.Cl.Cl. The molecule has 1 fully saturated rings. The summed E-state index contributed by atoms with van der Waals surface area (Å²) in [5.74, 6) is -0.0362. The van der Waals surface area contributed by atoms with Gasteiger partial charge < -0.3 is 26.0 Å². The number of piperidine rings is 1. The van der Waals surface area contributed by atoms with E-state index in [1.54, 1.807) is 11.8 Å². The van der Waals surface area contributed by atoms with Crippen molar-refractivity contribution in [2.45, 2.75) is 57.8 Å². The minimum absolute atomic E-state index is 0. The number of hydrogen-bond acceptors (Lipinski definition) is 4. The van der Waals surface area contributed by atoms with Gasteiger partial charge in [0.2, 0.25) is 5.91 Å². The number of rotatable bonds is 5. The maximum atomic E-state index is 12.2. The number of carboxylic acid groups (broad SMARTS) is 1. The second-order valence-corrected chi connectivity index (χ2v) is 8.85. The highest BCUT2D eigenvalue weighted by Gasteiger charge is 2.33. The van der Waals surface area contributed by atoms with E-state index >= 15 is 0 Å². The van der Waals surface area contributed by atoms with Crippen LogP contribution in [0.15, 0.2) is 42.5 Å². The summed E-state index contributed by atoms with van der Waals surface area (Å²) in [6, 6.07) is 14.6. The van der Waals surface area contributed by atoms with E-state index in [1.807, 2.05) is 25.1 Å². The van der Waals surface area contributed by atoms with Crippen LogP contribution < -0.4 is 20.9 Å². The average molecular weight is 509 g/mol. The molecule has 1 saturated heterocycles. The van der Waals surface area contributed by atoms with E-state index in [0.717, 1.165) is 54.9 Å². The molecule has 0 unspecified atom stereocenters. The first-order chi connectivity index (χ1) is 15.4. The van der Waals surface area contributed by atoms with Gasteiger partial charge >= 0.3 is 6.09 Å². The lowest BCUT2D eigenvalue weighted by molar-refractivity contribution is -0.117. The Labute approximate surface area is 213 Å². The van der Waals surface area contributed by atoms with Gasteiger partial charge in [-0.2, -0.15) is 0 Å². The van der Waals surface area contributed by atoms with Crippen LogP contribution in [-0.4, -0.2) is 42.3 Å². The van der Waals surface area contributed by atoms with E-state index in [0.29, 0.717) is 12.5 Å². The maximum absolute atomic E-state index is 12.2. The number of benzene rings is 2. The molecule has 2 aromatic rings. The number of carbonyl (C=O) groups excluding carboxylic acids is 1. The van der Waals surface area contributed by atoms with Crippen molar-refractivity contribution in [1.82, 2.24) is 16.0 Å². The Kier molecular flexibility index (Phi) is 10.2. The Morgan fingerprint density at radius 3 is 2.32 bits per heavy atom. The first kappa shape index (κ1) is 27.9. The molecule has 4 rings (SSSR count). The van der Waals surface area contributed by atoms with Crippen LogP contribution in [0.5, 0.6) is 0 Å². The number of amides is 2. The summed E-state index contributed by atoms with van der Waals surface area (Å²) in [5, 5.41) is 19.0. The standard InChI is InChI=1S/C25H32N4O3.2ClH/c1-16-13-23(28-25(31)32)22-14-20(7-8-24(22)29(16)17(2)30)19-5-3-18(4-6-19)15-27-21-9-11-26-12-10-21;;/h3-8,14,16,21,23,26-28H,9-13,15H2,1-2H3,(H,31,32);2*1H/t16-,23+;;/m0../s1. The number of nitrogens with zero attached hydrogens (tertiary/aromatic N) is 1. The Morgan fingerprint density at radius 2 is 1.71 bits per heavy atom. The molecule has 2 heterocycles. The number of fused-ring (bicyclic) bond motifs is 1. The minimum atomic E-state index is -1.06. The van der Waals surface area contributed by atoms with Gasteiger partial charge in [-0.05, 0) is 73.7 Å². The van der Waals surface area contributed by atoms with Gasteiger partial charge in [0, 0.05) is 31.2 Å². The lowest BCUT2D eigenvalue weighted by atomic mass is 9.89. The normalized spacial score (nSPS) is 19.9. The van der Waals surface area contributed by atoms with E-state index in [2.05, 4.69) is 40.2 Å². The lowest BCUT2D eigenvalue weighted by Crippen LogP contribution is -2.45. The van der Waals surface area contributed by atoms with E-state index < -0.39 is 6.09 Å². The monoisotopic (exact) mass is 508 g/mol. The predicted octanol–water partition coefficient (Wildman–Crippen LogP) is 4.49. The Bertz CT molecular complexity index is 981. The lowest BCUT2D eigenvalue weighted by Gasteiger charge is -2.39. The van der Waals surface area contributed by atoms with Crippen molar-refractivity contribution in [2.24, 2.45) is 0 Å². The molecule has 0 radical (unpaired) electrons. The molecule has 0 aliphatic carbocycles. The summed E-state index contributed by atoms with van der Waals surface area (Å²) in [5.41, 5.74) is 4.95. The van der Waals surface area contributed by atoms with Gasteiger partial charge in [0.1, 0.15) is 0 Å². The quantitative estimate of drug-likeness (QED) is 0.477. The number of carbonyl (C=O) groups is 2. The molecule has 34 heavy (non-hydrogen) atoms. The van der Waals surface area contributed by atoms with Gasteiger partial charge in [-0.15, -0.1) is 24.8 Å². The van der Waals surface area contributed by atoms with Crippen molar-refractivity contribution in [1.29, 1.82) is 0 Å². The molecule has 9 heteroatoms. The molecule has 2 amide bonds. The van der Waals surface area contributed by atoms with Crippen LogP contribution >= 0.6 is 24.8 Å². The zero-order valence-electron chi connectivity index (χ0n) is 19.5. The first-order valence-corrected chi connectivity index (χ1v) is 11.4. The fraction of sp³-hybridized carbons (Fsp3) is 0.440. The molecule has 2 aliphatic rings. The third kappa shape index (κ3) is 6.42. The van der Waals surface area contributed by atoms with Crippen LogP contribution in [-0.2, 0) is 11.3 Å². The highest BCUT2D eigenvalue weighted by Crippen LogP contribution is 2.39. The molecular formula is C25H34Cl2N4O3. The first-order valence-electron chi connectivity index (χ1n) is 11.4. The second kappa shape index (κ2) is 12.4. The van der Waals surface area contributed by atoms with Crippen molar-refractivity contribution in [3.05, 3.63) is 53.6 Å². The highest BCUT2D eigenvalue weighted by atomic mass is 35.5. The zero-order chi connectivity index (χ0) is 22.7. The topological polar surface area (TPSA) is 93.7 Å². The van der Waals surface area contributed by atoms with E-state index in [4.69, 9.17) is 0 Å². The summed E-state index contributed by atoms with van der Waals surface area (Å²) in [6.07, 6.45) is 1.81. The molecule has 0 bridgehead atoms. The zero-order valence-corrected chi connectivity index (χ0v) is 21.2. The Hall–Kier alpha value is -2.32. The molecule has 186 valence electrons. The van der Waals surface area contributed by atoms with E-state index in [-0.39, 0.29) is 42.8 Å². The molecule has 0 spiro atoms. The van der Waals surface area contributed by atoms with Gasteiger partial charge in [-0.3, -0.25) is 4.79 Å². The van der Waals surface area contributed by atoms with Crippen LogP contribution in [0.3, 0.4) is 0 Å². The molecule has 0 saturated carbocycles. The number of halogens is 2. The fourth-order valence-corrected chi connectivity index (χ4v) is 4.91.